The van der Waals surface area contributed by atoms with Gasteiger partial charge < -0.3 is 10.6 Å². The molecule has 0 aliphatic rings. The number of carbonyl (C=O) groups is 3. The van der Waals surface area contributed by atoms with E-state index >= 15 is 0 Å². The van der Waals surface area contributed by atoms with Gasteiger partial charge in [0, 0.05) is 0 Å². The van der Waals surface area contributed by atoms with Crippen LogP contribution in [0.2, 0.25) is 0 Å². The fourth-order valence-electron chi connectivity index (χ4n) is 1.66. The van der Waals surface area contributed by atoms with Crippen molar-refractivity contribution in [3.63, 3.8) is 0 Å². The number of carbonyl (C=O) groups excluding carboxylic acids is 3. The lowest BCUT2D eigenvalue weighted by Crippen LogP contribution is -2.50. The van der Waals surface area contributed by atoms with E-state index in [1.807, 2.05) is 30.3 Å². The Bertz CT molecular complexity index is 465. The molecule has 6 heteroatoms. The van der Waals surface area contributed by atoms with Crippen molar-refractivity contribution in [2.45, 2.75) is 25.4 Å². The van der Waals surface area contributed by atoms with Crippen LogP contribution in [0.5, 0.6) is 0 Å². The average Bonchev–Trinajstić information content (AvgIpc) is 2.47. The minimum absolute atomic E-state index is 0.173. The molecule has 0 radical (unpaired) electrons. The van der Waals surface area contributed by atoms with Crippen LogP contribution >= 0.6 is 11.6 Å². The summed E-state index contributed by atoms with van der Waals surface area (Å²) in [5.41, 5.74) is 0.923. The number of hydrogen-bond acceptors (Lipinski definition) is 3. The molecule has 0 saturated carbocycles. The third-order valence-electron chi connectivity index (χ3n) is 2.83. The van der Waals surface area contributed by atoms with Gasteiger partial charge in [0.25, 0.3) is 0 Å². The van der Waals surface area contributed by atoms with Crippen molar-refractivity contribution in [1.29, 1.82) is 0 Å². The summed E-state index contributed by atoms with van der Waals surface area (Å²) in [5, 5.41) is 4.94. The van der Waals surface area contributed by atoms with Gasteiger partial charge in [-0.15, -0.1) is 11.6 Å². The van der Waals surface area contributed by atoms with Gasteiger partial charge in [0.15, 0.2) is 5.78 Å². The Morgan fingerprint density at radius 1 is 1.30 bits per heavy atom. The number of nitrogens with one attached hydrogen (secondary N) is 2. The maximum Gasteiger partial charge on any atom is 0.242 e. The number of benzene rings is 1. The standard InChI is InChI=1S/C14H17ClN2O3/c1-10(16-9-18)14(20)17-12(13(19)8-15)7-11-5-3-2-4-6-11/h2-6,9-10,12H,7-8H2,1H3,(H,16,18)(H,17,20)/t10-,12-/m0/s1. The molecule has 0 bridgehead atoms. The van der Waals surface area contributed by atoms with Crippen LogP contribution in [0.3, 0.4) is 0 Å². The van der Waals surface area contributed by atoms with Crippen LogP contribution in [0.25, 0.3) is 0 Å². The van der Waals surface area contributed by atoms with Crippen LogP contribution in [0.15, 0.2) is 30.3 Å². The van der Waals surface area contributed by atoms with Crippen molar-refractivity contribution in [2.75, 3.05) is 5.88 Å². The van der Waals surface area contributed by atoms with E-state index in [2.05, 4.69) is 10.6 Å². The molecule has 1 aromatic carbocycles. The molecule has 0 saturated heterocycles. The average molecular weight is 297 g/mol. The highest BCUT2D eigenvalue weighted by atomic mass is 35.5. The van der Waals surface area contributed by atoms with Gasteiger partial charge in [-0.3, -0.25) is 14.4 Å². The van der Waals surface area contributed by atoms with Crippen molar-refractivity contribution in [3.05, 3.63) is 35.9 Å². The Balaban J connectivity index is 2.72. The zero-order chi connectivity index (χ0) is 15.0. The fourth-order valence-corrected chi connectivity index (χ4v) is 1.85. The third kappa shape index (κ3) is 5.01. The van der Waals surface area contributed by atoms with Gasteiger partial charge >= 0.3 is 0 Å². The van der Waals surface area contributed by atoms with Gasteiger partial charge in [-0.2, -0.15) is 0 Å². The zero-order valence-electron chi connectivity index (χ0n) is 11.1. The molecule has 2 N–H and O–H groups in total. The lowest BCUT2D eigenvalue weighted by molar-refractivity contribution is -0.128. The first-order valence-corrected chi connectivity index (χ1v) is 6.74. The van der Waals surface area contributed by atoms with E-state index in [4.69, 9.17) is 11.6 Å². The molecule has 0 fully saturated rings. The molecular weight excluding hydrogens is 280 g/mol. The number of alkyl halides is 1. The van der Waals surface area contributed by atoms with Crippen LogP contribution in [0, 0.1) is 0 Å². The number of rotatable bonds is 8. The molecule has 0 unspecified atom stereocenters. The summed E-state index contributed by atoms with van der Waals surface area (Å²) in [6.45, 7) is 1.54. The van der Waals surface area contributed by atoms with Crippen molar-refractivity contribution < 1.29 is 14.4 Å². The number of hydrogen-bond donors (Lipinski definition) is 2. The van der Waals surface area contributed by atoms with Crippen LogP contribution in [0.4, 0.5) is 0 Å². The minimum Gasteiger partial charge on any atom is -0.347 e. The minimum atomic E-state index is -0.700. The number of Topliss-reactive ketones (excluding diaryl/α,β-unsaturated/α-hetero) is 1. The normalized spacial score (nSPS) is 13.1. The number of halogens is 1. The number of ketones is 1. The van der Waals surface area contributed by atoms with Crippen LogP contribution < -0.4 is 10.6 Å². The summed E-state index contributed by atoms with van der Waals surface area (Å²) >= 11 is 5.56. The largest absolute Gasteiger partial charge is 0.347 e. The Morgan fingerprint density at radius 3 is 2.50 bits per heavy atom. The maximum atomic E-state index is 11.8. The molecule has 20 heavy (non-hydrogen) atoms. The second-order valence-electron chi connectivity index (χ2n) is 4.36. The van der Waals surface area contributed by atoms with Gasteiger partial charge in [-0.25, -0.2) is 0 Å². The van der Waals surface area contributed by atoms with E-state index in [1.54, 1.807) is 0 Å². The molecule has 0 aliphatic heterocycles. The van der Waals surface area contributed by atoms with Crippen LogP contribution in [-0.4, -0.2) is 36.1 Å². The summed E-state index contributed by atoms with van der Waals surface area (Å²) in [6.07, 6.45) is 0.811. The van der Waals surface area contributed by atoms with Gasteiger partial charge in [0.1, 0.15) is 6.04 Å². The van der Waals surface area contributed by atoms with Gasteiger partial charge in [0.05, 0.1) is 11.9 Å². The Kier molecular flexibility index (Phi) is 6.73. The predicted octanol–water partition coefficient (Wildman–Crippen LogP) is 0.656. The molecule has 0 heterocycles. The third-order valence-corrected chi connectivity index (χ3v) is 3.09. The number of amides is 2. The molecule has 1 aromatic rings. The second kappa shape index (κ2) is 8.32. The Morgan fingerprint density at radius 2 is 1.95 bits per heavy atom. The maximum absolute atomic E-state index is 11.8. The topological polar surface area (TPSA) is 75.3 Å². The van der Waals surface area contributed by atoms with E-state index in [0.29, 0.717) is 12.8 Å². The SMILES string of the molecule is C[C@H](NC=O)C(=O)N[C@@H](Cc1ccccc1)C(=O)CCl. The van der Waals surface area contributed by atoms with E-state index in [9.17, 15) is 14.4 Å². The van der Waals surface area contributed by atoms with E-state index in [-0.39, 0.29) is 11.7 Å². The summed E-state index contributed by atoms with van der Waals surface area (Å²) in [7, 11) is 0. The molecule has 1 rings (SSSR count). The van der Waals surface area contributed by atoms with Crippen LogP contribution in [-0.2, 0) is 20.8 Å². The Hall–Kier alpha value is -1.88. The van der Waals surface area contributed by atoms with Crippen molar-refractivity contribution >= 4 is 29.7 Å². The summed E-state index contributed by atoms with van der Waals surface area (Å²) in [4.78, 5) is 33.9. The van der Waals surface area contributed by atoms with E-state index < -0.39 is 18.0 Å². The fraction of sp³-hybridized carbons (Fsp3) is 0.357. The zero-order valence-corrected chi connectivity index (χ0v) is 11.9. The molecule has 2 atom stereocenters. The molecule has 0 spiro atoms. The lowest BCUT2D eigenvalue weighted by Gasteiger charge is -2.19. The molecule has 0 aliphatic carbocycles. The van der Waals surface area contributed by atoms with Gasteiger partial charge in [-0.1, -0.05) is 30.3 Å². The highest BCUT2D eigenvalue weighted by Gasteiger charge is 2.22. The van der Waals surface area contributed by atoms with Crippen molar-refractivity contribution in [2.24, 2.45) is 0 Å². The lowest BCUT2D eigenvalue weighted by atomic mass is 10.0. The first kappa shape index (κ1) is 16.2. The first-order valence-electron chi connectivity index (χ1n) is 6.21. The van der Waals surface area contributed by atoms with E-state index in [1.165, 1.54) is 6.92 Å². The van der Waals surface area contributed by atoms with Gasteiger partial charge in [0.2, 0.25) is 12.3 Å². The first-order chi connectivity index (χ1) is 9.58. The molecule has 5 nitrogen and oxygen atoms in total. The molecule has 2 amide bonds. The quantitative estimate of drug-likeness (QED) is 0.546. The Labute approximate surface area is 122 Å². The second-order valence-corrected chi connectivity index (χ2v) is 4.62. The highest BCUT2D eigenvalue weighted by molar-refractivity contribution is 6.28. The smallest absolute Gasteiger partial charge is 0.242 e. The summed E-state index contributed by atoms with van der Waals surface area (Å²) < 4.78 is 0. The monoisotopic (exact) mass is 296 g/mol. The van der Waals surface area contributed by atoms with Gasteiger partial charge in [-0.05, 0) is 18.9 Å². The van der Waals surface area contributed by atoms with E-state index in [0.717, 1.165) is 5.56 Å². The predicted molar refractivity (Wildman–Crippen MR) is 76.5 cm³/mol. The van der Waals surface area contributed by atoms with Crippen LogP contribution in [0.1, 0.15) is 12.5 Å². The highest BCUT2D eigenvalue weighted by Crippen LogP contribution is 2.05. The van der Waals surface area contributed by atoms with Crippen molar-refractivity contribution in [3.8, 4) is 0 Å². The molecular formula is C14H17ClN2O3. The van der Waals surface area contributed by atoms with Crippen molar-refractivity contribution in [1.82, 2.24) is 10.6 Å². The molecule has 108 valence electrons. The molecule has 0 aromatic heterocycles. The summed E-state index contributed by atoms with van der Waals surface area (Å²) in [5.74, 6) is -0.855. The summed E-state index contributed by atoms with van der Waals surface area (Å²) in [6, 6.07) is 7.93.